The smallest absolute Gasteiger partial charge is 0.223 e. The highest BCUT2D eigenvalue weighted by Gasteiger charge is 2.33. The lowest BCUT2D eigenvalue weighted by Crippen LogP contribution is -2.47. The Kier molecular flexibility index (Phi) is 14.0. The van der Waals surface area contributed by atoms with Crippen molar-refractivity contribution < 1.29 is 4.79 Å². The number of carbonyl (C=O) groups excluding carboxylic acids is 1. The molecule has 62 heavy (non-hydrogen) atoms. The summed E-state index contributed by atoms with van der Waals surface area (Å²) in [7, 11) is 4.07. The van der Waals surface area contributed by atoms with E-state index in [-0.39, 0.29) is 22.7 Å². The van der Waals surface area contributed by atoms with Gasteiger partial charge in [-0.15, -0.1) is 20.4 Å². The summed E-state index contributed by atoms with van der Waals surface area (Å²) in [4.78, 5) is 17.2. The van der Waals surface area contributed by atoms with Crippen molar-refractivity contribution in [2.75, 3.05) is 50.9 Å². The van der Waals surface area contributed by atoms with Crippen molar-refractivity contribution in [1.82, 2.24) is 15.1 Å². The minimum atomic E-state index is -0.0602. The molecule has 1 amide bonds. The minimum absolute atomic E-state index is 0.0475. The minimum Gasteiger partial charge on any atom is -0.359 e. The molecule has 0 radical (unpaired) electrons. The fourth-order valence-corrected chi connectivity index (χ4v) is 8.00. The van der Waals surface area contributed by atoms with Gasteiger partial charge in [0, 0.05) is 65.0 Å². The van der Waals surface area contributed by atoms with E-state index in [0.717, 1.165) is 63.6 Å². The van der Waals surface area contributed by atoms with Crippen molar-refractivity contribution in [2.45, 2.75) is 46.5 Å². The summed E-state index contributed by atoms with van der Waals surface area (Å²) < 4.78 is 0. The first-order valence-corrected chi connectivity index (χ1v) is 21.4. The monoisotopic (exact) mass is 847 g/mol. The number of piperidine rings is 1. The van der Waals surface area contributed by atoms with Gasteiger partial charge in [0.2, 0.25) is 5.91 Å². The SMILES string of the molecule is C/C(Nc1ccc(Cc2cccc(C3=NN=C(N4CCC(C(=O)NCCCN(C)C)CC4)C(=N)/C3=C(/C)Nc3ccc(C)cc3)c2)cc1)=C1/C(=N)C(Cl)=NN=C1c1ccccc1. The molecule has 0 aliphatic carbocycles. The van der Waals surface area contributed by atoms with Crippen molar-refractivity contribution in [1.29, 1.82) is 10.8 Å². The maximum Gasteiger partial charge on any atom is 0.223 e. The Labute approximate surface area is 369 Å². The molecule has 0 atom stereocenters. The van der Waals surface area contributed by atoms with E-state index in [9.17, 15) is 10.2 Å². The second kappa shape index (κ2) is 19.9. The van der Waals surface area contributed by atoms with Gasteiger partial charge in [-0.1, -0.05) is 90.0 Å². The molecule has 3 aliphatic heterocycles. The van der Waals surface area contributed by atoms with Crippen molar-refractivity contribution in [3.05, 3.63) is 153 Å². The molecule has 1 saturated heterocycles. The van der Waals surface area contributed by atoms with Crippen LogP contribution in [-0.4, -0.2) is 89.8 Å². The highest BCUT2D eigenvalue weighted by Crippen LogP contribution is 2.27. The molecule has 5 N–H and O–H groups in total. The third-order valence-corrected chi connectivity index (χ3v) is 11.5. The lowest BCUT2D eigenvalue weighted by atomic mass is 9.91. The number of halogens is 1. The number of carbonyl (C=O) groups is 1. The van der Waals surface area contributed by atoms with Crippen LogP contribution in [0.25, 0.3) is 0 Å². The van der Waals surface area contributed by atoms with Crippen LogP contribution in [0.1, 0.15) is 60.9 Å². The van der Waals surface area contributed by atoms with Gasteiger partial charge in [0.1, 0.15) is 22.8 Å². The van der Waals surface area contributed by atoms with Crippen LogP contribution >= 0.6 is 11.6 Å². The highest BCUT2D eigenvalue weighted by molar-refractivity contribution is 6.87. The number of hydrogen-bond donors (Lipinski definition) is 5. The number of anilines is 2. The van der Waals surface area contributed by atoms with Crippen LogP contribution in [0.3, 0.4) is 0 Å². The van der Waals surface area contributed by atoms with Crippen molar-refractivity contribution in [3.8, 4) is 0 Å². The number of amidine groups is 1. The summed E-state index contributed by atoms with van der Waals surface area (Å²) in [6.45, 7) is 8.81. The Morgan fingerprint density at radius 3 is 2.00 bits per heavy atom. The third-order valence-electron chi connectivity index (χ3n) is 11.2. The van der Waals surface area contributed by atoms with E-state index in [1.54, 1.807) is 0 Å². The Bertz CT molecular complexity index is 2510. The zero-order chi connectivity index (χ0) is 43.8. The van der Waals surface area contributed by atoms with Crippen LogP contribution in [0.4, 0.5) is 11.4 Å². The molecular formula is C49H54ClN11O. The fraction of sp³-hybridized carbons (Fsp3) is 0.286. The zero-order valence-electron chi connectivity index (χ0n) is 36.0. The summed E-state index contributed by atoms with van der Waals surface area (Å²) in [5.41, 5.74) is 11.3. The van der Waals surface area contributed by atoms with Crippen LogP contribution in [0, 0.1) is 23.7 Å². The number of hydrogen-bond acceptors (Lipinski definition) is 11. The number of nitrogens with zero attached hydrogens (tertiary/aromatic N) is 6. The van der Waals surface area contributed by atoms with E-state index in [0.29, 0.717) is 73.0 Å². The van der Waals surface area contributed by atoms with Gasteiger partial charge in [-0.2, -0.15) is 0 Å². The maximum atomic E-state index is 13.0. The standard InChI is InChI=1S/C49H54ClN11O/c1-31-15-19-39(20-16-31)55-33(3)42-44(52)48(61-27-23-37(24-28-61)49(62)53-25-10-26-60(4)5)59-57-46(42)38-14-9-11-35(30-38)29-34-17-21-40(22-18-34)54-32(2)41-43(51)47(50)58-56-45(41)36-12-7-6-8-13-36/h6-9,11-22,30,37,51-52,54-55H,10,23-29H2,1-5H3,(H,53,62)/b41-32+,42-33+,51-43?,52-44?. The summed E-state index contributed by atoms with van der Waals surface area (Å²) >= 11 is 6.27. The first kappa shape index (κ1) is 43.6. The van der Waals surface area contributed by atoms with Crippen LogP contribution in [0.2, 0.25) is 0 Å². The average Bonchev–Trinajstić information content (AvgIpc) is 3.27. The molecule has 318 valence electrons. The third kappa shape index (κ3) is 10.5. The number of likely N-dealkylation sites (tertiary alicyclic amines) is 1. The first-order chi connectivity index (χ1) is 29.9. The number of aryl methyl sites for hydroxylation is 1. The van der Waals surface area contributed by atoms with E-state index in [1.807, 2.05) is 94.7 Å². The molecule has 0 unspecified atom stereocenters. The van der Waals surface area contributed by atoms with E-state index in [1.165, 1.54) is 0 Å². The van der Waals surface area contributed by atoms with Gasteiger partial charge in [-0.3, -0.25) is 15.6 Å². The second-order valence-electron chi connectivity index (χ2n) is 16.2. The van der Waals surface area contributed by atoms with Crippen LogP contribution in [0.15, 0.2) is 146 Å². The van der Waals surface area contributed by atoms with Crippen LogP contribution in [-0.2, 0) is 11.2 Å². The van der Waals surface area contributed by atoms with Gasteiger partial charge in [0.05, 0.1) is 5.57 Å². The van der Waals surface area contributed by atoms with E-state index >= 15 is 0 Å². The molecule has 3 heterocycles. The lowest BCUT2D eigenvalue weighted by molar-refractivity contribution is -0.126. The Balaban J connectivity index is 1.09. The number of benzene rings is 4. The highest BCUT2D eigenvalue weighted by atomic mass is 35.5. The summed E-state index contributed by atoms with van der Waals surface area (Å²) in [5.74, 6) is 0.569. The first-order valence-electron chi connectivity index (χ1n) is 21.0. The predicted octanol–water partition coefficient (Wildman–Crippen LogP) is 8.65. The molecule has 0 saturated carbocycles. The average molecular weight is 849 g/mol. The normalized spacial score (nSPS) is 17.5. The fourth-order valence-electron chi connectivity index (χ4n) is 7.86. The van der Waals surface area contributed by atoms with Gasteiger partial charge in [-0.25, -0.2) is 0 Å². The van der Waals surface area contributed by atoms with Gasteiger partial charge < -0.3 is 25.8 Å². The molecule has 1 fully saturated rings. The quantitative estimate of drug-likeness (QED) is 0.0852. The summed E-state index contributed by atoms with van der Waals surface area (Å²) in [6.07, 6.45) is 2.97. The van der Waals surface area contributed by atoms with E-state index in [4.69, 9.17) is 27.2 Å². The molecule has 13 heteroatoms. The predicted molar refractivity (Wildman–Crippen MR) is 256 cm³/mol. The lowest BCUT2D eigenvalue weighted by Gasteiger charge is -2.35. The van der Waals surface area contributed by atoms with Crippen LogP contribution < -0.4 is 16.0 Å². The molecule has 3 aliphatic rings. The van der Waals surface area contributed by atoms with Crippen molar-refractivity contribution in [3.63, 3.8) is 0 Å². The molecule has 7 rings (SSSR count). The van der Waals surface area contributed by atoms with Gasteiger partial charge in [0.25, 0.3) is 0 Å². The summed E-state index contributed by atoms with van der Waals surface area (Å²) in [5, 5.41) is 46.3. The largest absolute Gasteiger partial charge is 0.359 e. The van der Waals surface area contributed by atoms with E-state index in [2.05, 4.69) is 79.3 Å². The van der Waals surface area contributed by atoms with Crippen LogP contribution in [0.5, 0.6) is 0 Å². The molecule has 0 bridgehead atoms. The molecule has 0 spiro atoms. The second-order valence-corrected chi connectivity index (χ2v) is 16.6. The molecule has 4 aromatic carbocycles. The van der Waals surface area contributed by atoms with Gasteiger partial charge in [-0.05, 0) is 109 Å². The number of nitrogens with one attached hydrogen (secondary N) is 5. The molecule has 4 aromatic rings. The zero-order valence-corrected chi connectivity index (χ0v) is 36.8. The number of rotatable bonds is 13. The van der Waals surface area contributed by atoms with Gasteiger partial charge >= 0.3 is 0 Å². The van der Waals surface area contributed by atoms with Gasteiger partial charge in [0.15, 0.2) is 11.0 Å². The van der Waals surface area contributed by atoms with Crippen molar-refractivity contribution >= 4 is 62.7 Å². The Morgan fingerprint density at radius 1 is 0.742 bits per heavy atom. The Morgan fingerprint density at radius 2 is 1.34 bits per heavy atom. The number of allylic oxidation sites excluding steroid dienone is 3. The number of amides is 1. The summed E-state index contributed by atoms with van der Waals surface area (Å²) in [6, 6.07) is 34.4. The van der Waals surface area contributed by atoms with E-state index < -0.39 is 0 Å². The topological polar surface area (TPSA) is 157 Å². The molecular weight excluding hydrogens is 794 g/mol. The van der Waals surface area contributed by atoms with Crippen molar-refractivity contribution in [2.24, 2.45) is 26.3 Å². The Hall–Kier alpha value is -6.50. The molecule has 12 nitrogen and oxygen atoms in total. The molecule has 0 aromatic heterocycles. The maximum absolute atomic E-state index is 13.0.